The average molecular weight is 264 g/mol. The highest BCUT2D eigenvalue weighted by atomic mass is 31.2. The van der Waals surface area contributed by atoms with Crippen LogP contribution in [0.1, 0.15) is 47.5 Å². The maximum atomic E-state index is 12.1. The van der Waals surface area contributed by atoms with Gasteiger partial charge in [-0.15, -0.1) is 0 Å². The second-order valence-electron chi connectivity index (χ2n) is 4.95. The second-order valence-corrected chi connectivity index (χ2v) is 7.13. The summed E-state index contributed by atoms with van der Waals surface area (Å²) in [7, 11) is -2.98. The van der Waals surface area contributed by atoms with Gasteiger partial charge < -0.3 is 9.05 Å². The van der Waals surface area contributed by atoms with Crippen molar-refractivity contribution in [3.63, 3.8) is 0 Å². The first-order valence-electron chi connectivity index (χ1n) is 6.16. The number of hydrogen-bond donors (Lipinski definition) is 0. The highest BCUT2D eigenvalue weighted by molar-refractivity contribution is 7.53. The quantitative estimate of drug-likeness (QED) is 0.628. The molecule has 0 spiro atoms. The van der Waals surface area contributed by atoms with Crippen LogP contribution in [0.15, 0.2) is 0 Å². The molecule has 0 N–H and O–H groups in total. The Hall–Kier alpha value is -0.180. The molecule has 0 atom stereocenters. The predicted octanol–water partition coefficient (Wildman–Crippen LogP) is 3.65. The van der Waals surface area contributed by atoms with Gasteiger partial charge in [-0.25, -0.2) is 0 Å². The molecule has 0 aliphatic rings. The summed E-state index contributed by atoms with van der Waals surface area (Å²) < 4.78 is 22.4. The van der Waals surface area contributed by atoms with Crippen molar-refractivity contribution in [3.8, 4) is 0 Å². The van der Waals surface area contributed by atoms with Gasteiger partial charge in [0.05, 0.1) is 19.4 Å². The molecular weight excluding hydrogens is 239 g/mol. The molecule has 0 saturated carbocycles. The molecule has 0 unspecified atom stereocenters. The fourth-order valence-electron chi connectivity index (χ4n) is 1.37. The fourth-order valence-corrected chi connectivity index (χ4v) is 3.03. The molecule has 0 amide bonds. The van der Waals surface area contributed by atoms with Gasteiger partial charge >= 0.3 is 7.60 Å². The van der Waals surface area contributed by atoms with E-state index in [1.165, 1.54) is 0 Å². The van der Waals surface area contributed by atoms with Gasteiger partial charge in [0.1, 0.15) is 5.78 Å². The van der Waals surface area contributed by atoms with Crippen molar-refractivity contribution in [1.82, 2.24) is 0 Å². The smallest absolute Gasteiger partial charge is 0.309 e. The van der Waals surface area contributed by atoms with E-state index in [2.05, 4.69) is 0 Å². The zero-order chi connectivity index (χ0) is 13.5. The number of carbonyl (C=O) groups excluding carboxylic acids is 1. The molecule has 5 heteroatoms. The third-order valence-electron chi connectivity index (χ3n) is 2.32. The molecule has 102 valence electrons. The summed E-state index contributed by atoms with van der Waals surface area (Å²) in [5.41, 5.74) is -0.332. The van der Waals surface area contributed by atoms with E-state index in [0.29, 0.717) is 32.2 Å². The van der Waals surface area contributed by atoms with Crippen molar-refractivity contribution in [3.05, 3.63) is 0 Å². The van der Waals surface area contributed by atoms with Gasteiger partial charge in [-0.2, -0.15) is 0 Å². The SMILES string of the molecule is CCOP(=O)(CCCC(=O)C(C)(C)C)OCC. The van der Waals surface area contributed by atoms with Gasteiger partial charge in [0.2, 0.25) is 0 Å². The summed E-state index contributed by atoms with van der Waals surface area (Å²) in [5.74, 6) is 0.178. The molecule has 0 aromatic heterocycles. The first-order chi connectivity index (χ1) is 7.75. The lowest BCUT2D eigenvalue weighted by Gasteiger charge is -2.19. The minimum Gasteiger partial charge on any atom is -0.309 e. The molecule has 0 bridgehead atoms. The van der Waals surface area contributed by atoms with Crippen molar-refractivity contribution in [2.24, 2.45) is 5.41 Å². The summed E-state index contributed by atoms with van der Waals surface area (Å²) >= 11 is 0. The molecule has 0 saturated heterocycles. The van der Waals surface area contributed by atoms with E-state index in [-0.39, 0.29) is 11.2 Å². The van der Waals surface area contributed by atoms with Crippen molar-refractivity contribution in [1.29, 1.82) is 0 Å². The van der Waals surface area contributed by atoms with Crippen LogP contribution in [0.2, 0.25) is 0 Å². The lowest BCUT2D eigenvalue weighted by molar-refractivity contribution is -0.126. The standard InChI is InChI=1S/C12H25O4P/c1-6-15-17(14,16-7-2)10-8-9-11(13)12(3,4)5/h6-10H2,1-5H3. The molecule has 17 heavy (non-hydrogen) atoms. The van der Waals surface area contributed by atoms with E-state index in [1.807, 2.05) is 20.8 Å². The van der Waals surface area contributed by atoms with Crippen molar-refractivity contribution in [2.75, 3.05) is 19.4 Å². The third-order valence-corrected chi connectivity index (χ3v) is 4.49. The summed E-state index contributed by atoms with van der Waals surface area (Å²) in [5, 5.41) is 0. The van der Waals surface area contributed by atoms with E-state index in [1.54, 1.807) is 13.8 Å². The van der Waals surface area contributed by atoms with Gasteiger partial charge in [-0.1, -0.05) is 20.8 Å². The van der Waals surface area contributed by atoms with E-state index in [4.69, 9.17) is 9.05 Å². The Labute approximate surface area is 105 Å². The van der Waals surface area contributed by atoms with E-state index in [9.17, 15) is 9.36 Å². The first-order valence-corrected chi connectivity index (χ1v) is 7.89. The summed E-state index contributed by atoms with van der Waals surface area (Å²) in [4.78, 5) is 11.7. The molecule has 4 nitrogen and oxygen atoms in total. The zero-order valence-corrected chi connectivity index (χ0v) is 12.5. The molecule has 0 heterocycles. The Morgan fingerprint density at radius 1 is 1.12 bits per heavy atom. The van der Waals surface area contributed by atoms with Crippen LogP contribution in [0.25, 0.3) is 0 Å². The third kappa shape index (κ3) is 6.97. The molecule has 0 aliphatic heterocycles. The average Bonchev–Trinajstić information content (AvgIpc) is 2.16. The van der Waals surface area contributed by atoms with Crippen LogP contribution in [-0.4, -0.2) is 25.2 Å². The number of hydrogen-bond acceptors (Lipinski definition) is 4. The molecule has 0 aromatic carbocycles. The van der Waals surface area contributed by atoms with E-state index >= 15 is 0 Å². The minimum atomic E-state index is -2.98. The molecular formula is C12H25O4P. The Morgan fingerprint density at radius 3 is 1.94 bits per heavy atom. The van der Waals surface area contributed by atoms with Crippen LogP contribution in [-0.2, 0) is 18.4 Å². The summed E-state index contributed by atoms with van der Waals surface area (Å²) in [6.45, 7) is 9.97. The van der Waals surface area contributed by atoms with Crippen LogP contribution < -0.4 is 0 Å². The predicted molar refractivity (Wildman–Crippen MR) is 69.4 cm³/mol. The Balaban J connectivity index is 4.16. The molecule has 0 radical (unpaired) electrons. The topological polar surface area (TPSA) is 52.6 Å². The zero-order valence-electron chi connectivity index (χ0n) is 11.6. The van der Waals surface area contributed by atoms with Gasteiger partial charge in [-0.05, 0) is 20.3 Å². The lowest BCUT2D eigenvalue weighted by Crippen LogP contribution is -2.20. The van der Waals surface area contributed by atoms with Crippen LogP contribution in [0, 0.1) is 5.41 Å². The first kappa shape index (κ1) is 16.8. The van der Waals surface area contributed by atoms with Gasteiger partial charge in [0, 0.05) is 11.8 Å². The highest BCUT2D eigenvalue weighted by Crippen LogP contribution is 2.48. The number of Topliss-reactive ketones (excluding diaryl/α,β-unsaturated/α-hetero) is 1. The largest absolute Gasteiger partial charge is 0.330 e. The van der Waals surface area contributed by atoms with Gasteiger partial charge in [0.15, 0.2) is 0 Å². The van der Waals surface area contributed by atoms with Crippen LogP contribution >= 0.6 is 7.60 Å². The Morgan fingerprint density at radius 2 is 1.59 bits per heavy atom. The maximum absolute atomic E-state index is 12.1. The van der Waals surface area contributed by atoms with E-state index in [0.717, 1.165) is 0 Å². The van der Waals surface area contributed by atoms with Crippen LogP contribution in [0.3, 0.4) is 0 Å². The highest BCUT2D eigenvalue weighted by Gasteiger charge is 2.25. The Bertz CT molecular complexity index is 271. The number of carbonyl (C=O) groups is 1. The molecule has 0 fully saturated rings. The second kappa shape index (κ2) is 7.30. The van der Waals surface area contributed by atoms with Crippen molar-refractivity contribution in [2.45, 2.75) is 47.5 Å². The monoisotopic (exact) mass is 264 g/mol. The van der Waals surface area contributed by atoms with Crippen LogP contribution in [0.4, 0.5) is 0 Å². The number of rotatable bonds is 8. The minimum absolute atomic E-state index is 0.178. The van der Waals surface area contributed by atoms with Crippen molar-refractivity contribution < 1.29 is 18.4 Å². The maximum Gasteiger partial charge on any atom is 0.330 e. The Kier molecular flexibility index (Phi) is 7.22. The number of ketones is 1. The summed E-state index contributed by atoms with van der Waals surface area (Å²) in [6, 6.07) is 0. The van der Waals surface area contributed by atoms with Gasteiger partial charge in [0.25, 0.3) is 0 Å². The van der Waals surface area contributed by atoms with Gasteiger partial charge in [-0.3, -0.25) is 9.36 Å². The fraction of sp³-hybridized carbons (Fsp3) is 0.917. The van der Waals surface area contributed by atoms with Crippen molar-refractivity contribution >= 4 is 13.4 Å². The molecule has 0 aromatic rings. The van der Waals surface area contributed by atoms with E-state index < -0.39 is 7.60 Å². The summed E-state index contributed by atoms with van der Waals surface area (Å²) in [6.07, 6.45) is 1.29. The normalized spacial score (nSPS) is 12.8. The van der Waals surface area contributed by atoms with Crippen LogP contribution in [0.5, 0.6) is 0 Å². The lowest BCUT2D eigenvalue weighted by atomic mass is 9.88. The molecule has 0 rings (SSSR count). The molecule has 0 aliphatic carbocycles.